The minimum Gasteiger partial charge on any atom is -0.318 e. The van der Waals surface area contributed by atoms with Crippen LogP contribution in [-0.4, -0.2) is 31.5 Å². The Morgan fingerprint density at radius 3 is 2.60 bits per heavy atom. The summed E-state index contributed by atoms with van der Waals surface area (Å²) in [4.78, 5) is 18.8. The van der Waals surface area contributed by atoms with Crippen molar-refractivity contribution in [3.8, 4) is 5.69 Å². The minimum absolute atomic E-state index is 0.114. The summed E-state index contributed by atoms with van der Waals surface area (Å²) in [5.41, 5.74) is 6.85. The van der Waals surface area contributed by atoms with Crippen molar-refractivity contribution < 1.29 is 4.79 Å². The Hall–Kier alpha value is -3.36. The average Bonchev–Trinajstić information content (AvgIpc) is 3.40. The number of hydrogen-bond acceptors (Lipinski definition) is 5. The van der Waals surface area contributed by atoms with Crippen LogP contribution in [0, 0.1) is 19.3 Å². The number of benzene rings is 2. The van der Waals surface area contributed by atoms with E-state index in [0.29, 0.717) is 10.3 Å². The molecule has 0 aliphatic carbocycles. The van der Waals surface area contributed by atoms with Crippen molar-refractivity contribution >= 4 is 51.9 Å². The van der Waals surface area contributed by atoms with Crippen molar-refractivity contribution in [3.63, 3.8) is 0 Å². The van der Waals surface area contributed by atoms with Crippen molar-refractivity contribution in [2.75, 3.05) is 0 Å². The number of thioether (sulfide) groups is 1. The van der Waals surface area contributed by atoms with E-state index < -0.39 is 5.91 Å². The molecule has 3 aromatic rings. The third-order valence-corrected chi connectivity index (χ3v) is 7.92. The van der Waals surface area contributed by atoms with E-state index in [2.05, 4.69) is 64.2 Å². The summed E-state index contributed by atoms with van der Waals surface area (Å²) >= 11 is 2.68. The number of amides is 1. The van der Waals surface area contributed by atoms with Crippen molar-refractivity contribution in [2.24, 2.45) is 9.39 Å². The third-order valence-electron chi connectivity index (χ3n) is 6.09. The molecule has 1 amide bonds. The monoisotopic (exact) mass is 499 g/mol. The SMILES string of the molecule is CCc1ccccc1-n1c(C)cc(/C=C2/C(=N)N3C(SCc4ccccc4)=NSC3=NC2=O)c1C. The van der Waals surface area contributed by atoms with Gasteiger partial charge < -0.3 is 4.57 Å². The first-order valence-corrected chi connectivity index (χ1v) is 13.2. The summed E-state index contributed by atoms with van der Waals surface area (Å²) in [6.45, 7) is 6.26. The molecule has 2 aromatic carbocycles. The van der Waals surface area contributed by atoms with Gasteiger partial charge in [0.1, 0.15) is 5.84 Å². The lowest BCUT2D eigenvalue weighted by molar-refractivity contribution is -0.114. The quantitative estimate of drug-likeness (QED) is 0.337. The van der Waals surface area contributed by atoms with Crippen LogP contribution >= 0.6 is 23.7 Å². The third kappa shape index (κ3) is 4.39. The van der Waals surface area contributed by atoms with Crippen molar-refractivity contribution in [3.05, 3.63) is 94.3 Å². The van der Waals surface area contributed by atoms with Gasteiger partial charge in [-0.05, 0) is 55.2 Å². The van der Waals surface area contributed by atoms with E-state index >= 15 is 0 Å². The fourth-order valence-corrected chi connectivity index (χ4v) is 6.10. The molecule has 0 fully saturated rings. The predicted octanol–water partition coefficient (Wildman–Crippen LogP) is 6.17. The van der Waals surface area contributed by atoms with Crippen LogP contribution in [0.5, 0.6) is 0 Å². The number of hydrogen-bond donors (Lipinski definition) is 1. The summed E-state index contributed by atoms with van der Waals surface area (Å²) in [5, 5.41) is 9.98. The highest BCUT2D eigenvalue weighted by molar-refractivity contribution is 8.18. The number of nitrogens with one attached hydrogen (secondary N) is 1. The number of amidine groups is 3. The van der Waals surface area contributed by atoms with E-state index in [9.17, 15) is 4.79 Å². The zero-order chi connectivity index (χ0) is 24.5. The predicted molar refractivity (Wildman–Crippen MR) is 147 cm³/mol. The van der Waals surface area contributed by atoms with Gasteiger partial charge in [-0.3, -0.25) is 10.2 Å². The molecule has 0 bridgehead atoms. The van der Waals surface area contributed by atoms with Gasteiger partial charge in [0, 0.05) is 22.8 Å². The van der Waals surface area contributed by atoms with Gasteiger partial charge in [0.05, 0.1) is 17.5 Å². The maximum absolute atomic E-state index is 12.9. The van der Waals surface area contributed by atoms with Crippen LogP contribution in [-0.2, 0) is 17.0 Å². The smallest absolute Gasteiger partial charge is 0.283 e. The largest absolute Gasteiger partial charge is 0.318 e. The Bertz CT molecular complexity index is 1420. The molecule has 0 saturated heterocycles. The number of aliphatic imine (C=N–C) groups is 1. The van der Waals surface area contributed by atoms with Gasteiger partial charge >= 0.3 is 0 Å². The molecular formula is C27H25N5OS2. The Morgan fingerprint density at radius 1 is 1.09 bits per heavy atom. The fraction of sp³-hybridized carbons (Fsp3) is 0.185. The molecule has 3 heterocycles. The van der Waals surface area contributed by atoms with Crippen LogP contribution < -0.4 is 0 Å². The van der Waals surface area contributed by atoms with Gasteiger partial charge in [-0.25, -0.2) is 4.90 Å². The van der Waals surface area contributed by atoms with Crippen LogP contribution in [0.25, 0.3) is 11.8 Å². The fourth-order valence-electron chi connectivity index (χ4n) is 4.30. The van der Waals surface area contributed by atoms with Gasteiger partial charge in [0.25, 0.3) is 5.91 Å². The van der Waals surface area contributed by atoms with Crippen molar-refractivity contribution in [2.45, 2.75) is 32.9 Å². The number of para-hydroxylation sites is 1. The molecule has 0 unspecified atom stereocenters. The van der Waals surface area contributed by atoms with Crippen LogP contribution in [0.1, 0.15) is 35.0 Å². The number of fused-ring (bicyclic) bond motifs is 1. The second-order valence-electron chi connectivity index (χ2n) is 8.33. The average molecular weight is 500 g/mol. The van der Waals surface area contributed by atoms with Crippen molar-refractivity contribution in [1.82, 2.24) is 9.47 Å². The molecular weight excluding hydrogens is 474 g/mol. The maximum atomic E-state index is 12.9. The maximum Gasteiger partial charge on any atom is 0.283 e. The highest BCUT2D eigenvalue weighted by Crippen LogP contribution is 2.34. The second kappa shape index (κ2) is 9.71. The number of aromatic nitrogens is 1. The minimum atomic E-state index is -0.406. The summed E-state index contributed by atoms with van der Waals surface area (Å²) < 4.78 is 6.70. The normalized spacial score (nSPS) is 16.5. The molecule has 0 radical (unpaired) electrons. The standard InChI is InChI=1S/C27H25N5OS2/c1-4-20-12-8-9-13-23(20)31-17(2)14-21(18(31)3)15-22-24(28)32-26(29-25(22)33)35-30-27(32)34-16-19-10-6-5-7-11-19/h5-15,28H,4,16H2,1-3H3/b22-15-,28-24?. The summed E-state index contributed by atoms with van der Waals surface area (Å²) in [5.74, 6) is 0.433. The Morgan fingerprint density at radius 2 is 1.83 bits per heavy atom. The topological polar surface area (TPSA) is 73.8 Å². The molecule has 5 rings (SSSR count). The van der Waals surface area contributed by atoms with Gasteiger partial charge in [-0.2, -0.15) is 9.39 Å². The van der Waals surface area contributed by atoms with Crippen LogP contribution in [0.15, 0.2) is 75.6 Å². The summed E-state index contributed by atoms with van der Waals surface area (Å²) in [6.07, 6.45) is 2.72. The summed E-state index contributed by atoms with van der Waals surface area (Å²) in [7, 11) is 0. The van der Waals surface area contributed by atoms with Crippen LogP contribution in [0.2, 0.25) is 0 Å². The molecule has 0 spiro atoms. The van der Waals surface area contributed by atoms with Gasteiger partial charge in [0.2, 0.25) is 5.17 Å². The lowest BCUT2D eigenvalue weighted by atomic mass is 10.1. The van der Waals surface area contributed by atoms with Crippen LogP contribution in [0.3, 0.4) is 0 Å². The second-order valence-corrected chi connectivity index (χ2v) is 10.00. The first kappa shape index (κ1) is 23.4. The Kier molecular flexibility index (Phi) is 6.49. The lowest BCUT2D eigenvalue weighted by Gasteiger charge is -2.24. The van der Waals surface area contributed by atoms with E-state index in [0.717, 1.165) is 46.8 Å². The number of rotatable bonds is 5. The number of carbonyl (C=O) groups excluding carboxylic acids is 1. The molecule has 8 heteroatoms. The van der Waals surface area contributed by atoms with E-state index in [4.69, 9.17) is 5.41 Å². The molecule has 35 heavy (non-hydrogen) atoms. The van der Waals surface area contributed by atoms with E-state index in [1.54, 1.807) is 11.0 Å². The molecule has 0 saturated carbocycles. The molecule has 2 aliphatic rings. The number of nitrogens with zero attached hydrogens (tertiary/aromatic N) is 4. The highest BCUT2D eigenvalue weighted by Gasteiger charge is 2.37. The Labute approximate surface area is 213 Å². The van der Waals surface area contributed by atoms with E-state index in [1.807, 2.05) is 31.2 Å². The molecule has 2 aliphatic heterocycles. The molecule has 6 nitrogen and oxygen atoms in total. The van der Waals surface area contributed by atoms with Crippen molar-refractivity contribution in [1.29, 1.82) is 5.41 Å². The molecule has 1 aromatic heterocycles. The molecule has 1 N–H and O–H groups in total. The highest BCUT2D eigenvalue weighted by atomic mass is 32.2. The lowest BCUT2D eigenvalue weighted by Crippen LogP contribution is -2.41. The van der Waals surface area contributed by atoms with Crippen LogP contribution in [0.4, 0.5) is 0 Å². The number of carbonyl (C=O) groups is 1. The van der Waals surface area contributed by atoms with Gasteiger partial charge in [-0.15, -0.1) is 0 Å². The molecule has 176 valence electrons. The Balaban J connectivity index is 1.46. The van der Waals surface area contributed by atoms with E-state index in [1.165, 1.54) is 22.9 Å². The zero-order valence-electron chi connectivity index (χ0n) is 19.8. The zero-order valence-corrected chi connectivity index (χ0v) is 21.4. The first-order chi connectivity index (χ1) is 17.0. The van der Waals surface area contributed by atoms with E-state index in [-0.39, 0.29) is 11.4 Å². The van der Waals surface area contributed by atoms with Gasteiger partial charge in [-0.1, -0.05) is 67.2 Å². The first-order valence-electron chi connectivity index (χ1n) is 11.4. The summed E-state index contributed by atoms with van der Waals surface area (Å²) in [6, 6.07) is 20.5. The molecule has 0 atom stereocenters. The van der Waals surface area contributed by atoms with Gasteiger partial charge in [0.15, 0.2) is 5.17 Å². The number of aryl methyl sites for hydroxylation is 2.